The number of nitrogens with zero attached hydrogens (tertiary/aromatic N) is 2. The van der Waals surface area contributed by atoms with Crippen LogP contribution in [0, 0.1) is 0 Å². The number of piperidine rings is 1. The second-order valence-corrected chi connectivity index (χ2v) is 8.26. The van der Waals surface area contributed by atoms with Gasteiger partial charge in [0.15, 0.2) is 0 Å². The van der Waals surface area contributed by atoms with Crippen molar-refractivity contribution < 1.29 is 14.3 Å². The molecule has 1 fully saturated rings. The van der Waals surface area contributed by atoms with Gasteiger partial charge in [0.05, 0.1) is 18.7 Å². The van der Waals surface area contributed by atoms with Crippen molar-refractivity contribution in [1.29, 1.82) is 0 Å². The molecule has 5 nitrogen and oxygen atoms in total. The van der Waals surface area contributed by atoms with Crippen molar-refractivity contribution in [2.75, 3.05) is 7.11 Å². The van der Waals surface area contributed by atoms with Crippen LogP contribution in [-0.4, -0.2) is 35.2 Å². The largest absolute Gasteiger partial charge is 0.481 e. The SMILES string of the molecule is COc1ccc2cc(C3=CC4CCCC(C3)N4C(=O)OCc3ccccc3)ccc2n1. The fourth-order valence-electron chi connectivity index (χ4n) is 4.74. The number of amides is 1. The quantitative estimate of drug-likeness (QED) is 0.558. The molecule has 2 unspecified atom stereocenters. The Morgan fingerprint density at radius 2 is 1.97 bits per heavy atom. The van der Waals surface area contributed by atoms with Crippen LogP contribution in [0.4, 0.5) is 4.79 Å². The van der Waals surface area contributed by atoms with E-state index >= 15 is 0 Å². The Morgan fingerprint density at radius 1 is 1.10 bits per heavy atom. The van der Waals surface area contributed by atoms with Crippen LogP contribution in [0.15, 0.2) is 66.7 Å². The molecule has 31 heavy (non-hydrogen) atoms. The maximum absolute atomic E-state index is 12.9. The molecule has 0 radical (unpaired) electrons. The van der Waals surface area contributed by atoms with Crippen LogP contribution in [0.2, 0.25) is 0 Å². The smallest absolute Gasteiger partial charge is 0.410 e. The number of aromatic nitrogens is 1. The Morgan fingerprint density at radius 3 is 2.77 bits per heavy atom. The van der Waals surface area contributed by atoms with Gasteiger partial charge in [0.2, 0.25) is 5.88 Å². The van der Waals surface area contributed by atoms with Crippen LogP contribution >= 0.6 is 0 Å². The van der Waals surface area contributed by atoms with Crippen LogP contribution in [-0.2, 0) is 11.3 Å². The summed E-state index contributed by atoms with van der Waals surface area (Å²) in [5, 5.41) is 1.09. The molecular formula is C26H26N2O3. The number of ether oxygens (including phenoxy) is 2. The number of carbonyl (C=O) groups excluding carboxylic acids is 1. The highest BCUT2D eigenvalue weighted by molar-refractivity contribution is 5.84. The average molecular weight is 415 g/mol. The molecule has 0 saturated carbocycles. The first kappa shape index (κ1) is 19.6. The molecule has 5 heteroatoms. The molecule has 2 aromatic carbocycles. The summed E-state index contributed by atoms with van der Waals surface area (Å²) in [5.41, 5.74) is 4.44. The molecule has 2 aliphatic heterocycles. The minimum atomic E-state index is -0.205. The predicted molar refractivity (Wildman–Crippen MR) is 121 cm³/mol. The van der Waals surface area contributed by atoms with Gasteiger partial charge >= 0.3 is 6.09 Å². The monoisotopic (exact) mass is 414 g/mol. The van der Waals surface area contributed by atoms with Gasteiger partial charge in [0, 0.05) is 17.5 Å². The van der Waals surface area contributed by atoms with E-state index < -0.39 is 0 Å². The van der Waals surface area contributed by atoms with Gasteiger partial charge < -0.3 is 9.47 Å². The zero-order valence-corrected chi connectivity index (χ0v) is 17.7. The number of rotatable bonds is 4. The van der Waals surface area contributed by atoms with E-state index in [0.717, 1.165) is 42.1 Å². The molecule has 1 aromatic heterocycles. The molecule has 0 spiro atoms. The summed E-state index contributed by atoms with van der Waals surface area (Å²) >= 11 is 0. The van der Waals surface area contributed by atoms with E-state index in [9.17, 15) is 4.79 Å². The second kappa shape index (κ2) is 8.42. The number of benzene rings is 2. The summed E-state index contributed by atoms with van der Waals surface area (Å²) in [5.74, 6) is 0.622. The third-order valence-electron chi connectivity index (χ3n) is 6.30. The topological polar surface area (TPSA) is 51.7 Å². The van der Waals surface area contributed by atoms with Crippen LogP contribution in [0.5, 0.6) is 5.88 Å². The Balaban J connectivity index is 1.36. The number of hydrogen-bond acceptors (Lipinski definition) is 4. The molecule has 3 aromatic rings. The maximum atomic E-state index is 12.9. The fraction of sp³-hybridized carbons (Fsp3) is 0.308. The van der Waals surface area contributed by atoms with Crippen molar-refractivity contribution in [2.45, 2.75) is 44.4 Å². The van der Waals surface area contributed by atoms with Gasteiger partial charge in [-0.1, -0.05) is 42.5 Å². The standard InChI is InChI=1S/C26H26N2O3/c1-30-25-13-11-20-14-19(10-12-24(20)27-25)21-15-22-8-5-9-23(16-21)28(22)26(29)31-17-18-6-3-2-4-7-18/h2-4,6-7,10-15,22-23H,5,8-9,16-17H2,1H3. The van der Waals surface area contributed by atoms with Gasteiger partial charge in [-0.15, -0.1) is 0 Å². The maximum Gasteiger partial charge on any atom is 0.410 e. The highest BCUT2D eigenvalue weighted by atomic mass is 16.6. The first-order valence-corrected chi connectivity index (χ1v) is 10.9. The lowest BCUT2D eigenvalue weighted by Gasteiger charge is -2.44. The lowest BCUT2D eigenvalue weighted by Crippen LogP contribution is -2.51. The molecule has 2 atom stereocenters. The van der Waals surface area contributed by atoms with E-state index in [1.54, 1.807) is 7.11 Å². The molecule has 0 aliphatic carbocycles. The Hall–Kier alpha value is -3.34. The number of methoxy groups -OCH3 is 1. The summed E-state index contributed by atoms with van der Waals surface area (Å²) in [6.45, 7) is 0.313. The van der Waals surface area contributed by atoms with Gasteiger partial charge in [-0.2, -0.15) is 0 Å². The van der Waals surface area contributed by atoms with E-state index in [4.69, 9.17) is 9.47 Å². The molecular weight excluding hydrogens is 388 g/mol. The third kappa shape index (κ3) is 4.00. The van der Waals surface area contributed by atoms with Crippen molar-refractivity contribution in [2.24, 2.45) is 0 Å². The summed E-state index contributed by atoms with van der Waals surface area (Å²) in [4.78, 5) is 19.4. The van der Waals surface area contributed by atoms with E-state index in [-0.39, 0.29) is 18.2 Å². The summed E-state index contributed by atoms with van der Waals surface area (Å²) in [7, 11) is 1.63. The van der Waals surface area contributed by atoms with Gasteiger partial charge in [-0.05, 0) is 60.6 Å². The Bertz CT molecular complexity index is 1130. The molecule has 1 amide bonds. The highest BCUT2D eigenvalue weighted by Gasteiger charge is 2.38. The third-order valence-corrected chi connectivity index (χ3v) is 6.30. The normalized spacial score (nSPS) is 20.3. The van der Waals surface area contributed by atoms with Gasteiger partial charge in [-0.3, -0.25) is 4.90 Å². The first-order valence-electron chi connectivity index (χ1n) is 10.9. The van der Waals surface area contributed by atoms with Crippen molar-refractivity contribution in [1.82, 2.24) is 9.88 Å². The van der Waals surface area contributed by atoms with E-state index in [1.807, 2.05) is 53.4 Å². The van der Waals surface area contributed by atoms with Crippen LogP contribution in [0.3, 0.4) is 0 Å². The van der Waals surface area contributed by atoms with Gasteiger partial charge in [-0.25, -0.2) is 9.78 Å². The summed E-state index contributed by atoms with van der Waals surface area (Å²) < 4.78 is 10.9. The molecule has 3 heterocycles. The van der Waals surface area contributed by atoms with E-state index in [1.165, 1.54) is 11.1 Å². The lowest BCUT2D eigenvalue weighted by molar-refractivity contribution is 0.0510. The first-order chi connectivity index (χ1) is 15.2. The number of carbonyl (C=O) groups is 1. The van der Waals surface area contributed by atoms with E-state index in [0.29, 0.717) is 12.5 Å². The fourth-order valence-corrected chi connectivity index (χ4v) is 4.74. The van der Waals surface area contributed by atoms with Gasteiger partial charge in [0.1, 0.15) is 6.61 Å². The van der Waals surface area contributed by atoms with Crippen molar-refractivity contribution >= 4 is 22.6 Å². The molecule has 1 saturated heterocycles. The average Bonchev–Trinajstić information content (AvgIpc) is 2.81. The van der Waals surface area contributed by atoms with Gasteiger partial charge in [0.25, 0.3) is 0 Å². The van der Waals surface area contributed by atoms with Crippen LogP contribution in [0.25, 0.3) is 16.5 Å². The molecule has 2 aliphatic rings. The summed E-state index contributed by atoms with van der Waals surface area (Å²) in [6.07, 6.45) is 6.05. The van der Waals surface area contributed by atoms with Crippen LogP contribution < -0.4 is 4.74 Å². The minimum Gasteiger partial charge on any atom is -0.481 e. The van der Waals surface area contributed by atoms with E-state index in [2.05, 4.69) is 23.2 Å². The summed E-state index contributed by atoms with van der Waals surface area (Å²) in [6, 6.07) is 20.4. The lowest BCUT2D eigenvalue weighted by atomic mass is 9.83. The van der Waals surface area contributed by atoms with Crippen molar-refractivity contribution in [3.8, 4) is 5.88 Å². The van der Waals surface area contributed by atoms with Crippen molar-refractivity contribution in [3.05, 3.63) is 77.9 Å². The van der Waals surface area contributed by atoms with Crippen molar-refractivity contribution in [3.63, 3.8) is 0 Å². The number of fused-ring (bicyclic) bond motifs is 3. The molecule has 5 rings (SSSR count). The predicted octanol–water partition coefficient (Wildman–Crippen LogP) is 5.59. The second-order valence-electron chi connectivity index (χ2n) is 8.26. The molecule has 2 bridgehead atoms. The molecule has 0 N–H and O–H groups in total. The number of hydrogen-bond donors (Lipinski definition) is 0. The van der Waals surface area contributed by atoms with Crippen LogP contribution in [0.1, 0.15) is 36.8 Å². The highest BCUT2D eigenvalue weighted by Crippen LogP contribution is 2.38. The zero-order chi connectivity index (χ0) is 21.2. The zero-order valence-electron chi connectivity index (χ0n) is 17.7. The minimum absolute atomic E-state index is 0.0930. The Kier molecular flexibility index (Phi) is 5.33. The molecule has 158 valence electrons. The Labute approximate surface area is 182 Å². The number of pyridine rings is 1.